The molecular formula is C17H17ClN2O3. The average Bonchev–Trinajstić information content (AvgIpc) is 2.55. The number of carbonyl (C=O) groups excluding carboxylic acids is 2. The van der Waals surface area contributed by atoms with E-state index in [0.717, 1.165) is 11.1 Å². The molecule has 0 bridgehead atoms. The maximum Gasteiger partial charge on any atom is 0.313 e. The highest BCUT2D eigenvalue weighted by molar-refractivity contribution is 6.39. The number of amides is 2. The van der Waals surface area contributed by atoms with Gasteiger partial charge in [0, 0.05) is 22.8 Å². The number of hydrogen-bond donors (Lipinski definition) is 2. The van der Waals surface area contributed by atoms with E-state index in [1.54, 1.807) is 30.3 Å². The Balaban J connectivity index is 1.97. The molecule has 0 heterocycles. The van der Waals surface area contributed by atoms with Crippen LogP contribution in [0, 0.1) is 6.92 Å². The number of rotatable bonds is 4. The van der Waals surface area contributed by atoms with Gasteiger partial charge in [-0.05, 0) is 30.7 Å². The Hall–Kier alpha value is -2.53. The normalized spacial score (nSPS) is 10.0. The van der Waals surface area contributed by atoms with Gasteiger partial charge in [-0.3, -0.25) is 9.59 Å². The Labute approximate surface area is 139 Å². The topological polar surface area (TPSA) is 67.4 Å². The summed E-state index contributed by atoms with van der Waals surface area (Å²) in [5.74, 6) is -0.880. The minimum atomic E-state index is -0.717. The molecule has 6 heteroatoms. The molecule has 0 aliphatic heterocycles. The summed E-state index contributed by atoms with van der Waals surface area (Å²) < 4.78 is 5.19. The smallest absolute Gasteiger partial charge is 0.313 e. The summed E-state index contributed by atoms with van der Waals surface area (Å²) in [4.78, 5) is 23.8. The number of anilines is 1. The van der Waals surface area contributed by atoms with Crippen molar-refractivity contribution in [2.24, 2.45) is 0 Å². The van der Waals surface area contributed by atoms with Crippen LogP contribution in [0.2, 0.25) is 5.02 Å². The van der Waals surface area contributed by atoms with Crippen LogP contribution in [0.4, 0.5) is 5.69 Å². The van der Waals surface area contributed by atoms with Crippen LogP contribution in [0.15, 0.2) is 42.5 Å². The van der Waals surface area contributed by atoms with Crippen LogP contribution in [-0.4, -0.2) is 18.9 Å². The van der Waals surface area contributed by atoms with Gasteiger partial charge in [-0.15, -0.1) is 0 Å². The number of hydrogen-bond acceptors (Lipinski definition) is 3. The number of ether oxygens (including phenoxy) is 1. The second-order valence-corrected chi connectivity index (χ2v) is 5.34. The lowest BCUT2D eigenvalue weighted by atomic mass is 10.2. The van der Waals surface area contributed by atoms with Gasteiger partial charge in [-0.2, -0.15) is 0 Å². The van der Waals surface area contributed by atoms with Crippen molar-refractivity contribution in [1.82, 2.24) is 5.32 Å². The van der Waals surface area contributed by atoms with Gasteiger partial charge < -0.3 is 15.4 Å². The van der Waals surface area contributed by atoms with Crippen LogP contribution in [0.25, 0.3) is 0 Å². The summed E-state index contributed by atoms with van der Waals surface area (Å²) in [5, 5.41) is 5.68. The first kappa shape index (κ1) is 16.8. The van der Waals surface area contributed by atoms with Crippen LogP contribution >= 0.6 is 11.6 Å². The molecule has 0 saturated heterocycles. The number of halogens is 1. The van der Waals surface area contributed by atoms with Gasteiger partial charge in [0.15, 0.2) is 0 Å². The zero-order chi connectivity index (χ0) is 16.8. The summed E-state index contributed by atoms with van der Waals surface area (Å²) in [6.45, 7) is 2.02. The number of aryl methyl sites for hydroxylation is 1. The van der Waals surface area contributed by atoms with Crippen molar-refractivity contribution >= 4 is 29.1 Å². The van der Waals surface area contributed by atoms with Gasteiger partial charge >= 0.3 is 11.8 Å². The monoisotopic (exact) mass is 332 g/mol. The van der Waals surface area contributed by atoms with E-state index in [4.69, 9.17) is 16.3 Å². The molecule has 2 N–H and O–H groups in total. The second-order valence-electron chi connectivity index (χ2n) is 4.91. The van der Waals surface area contributed by atoms with Crippen LogP contribution < -0.4 is 15.4 Å². The first-order valence-corrected chi connectivity index (χ1v) is 7.36. The molecule has 2 rings (SSSR count). The average molecular weight is 333 g/mol. The fourth-order valence-corrected chi connectivity index (χ4v) is 2.17. The molecule has 0 aliphatic rings. The molecule has 5 nitrogen and oxygen atoms in total. The molecule has 0 spiro atoms. The first-order chi connectivity index (χ1) is 11.0. The van der Waals surface area contributed by atoms with E-state index >= 15 is 0 Å². The number of para-hydroxylation sites is 1. The predicted octanol–water partition coefficient (Wildman–Crippen LogP) is 2.91. The molecule has 0 radical (unpaired) electrons. The van der Waals surface area contributed by atoms with Crippen molar-refractivity contribution < 1.29 is 14.3 Å². The van der Waals surface area contributed by atoms with Crippen molar-refractivity contribution in [3.8, 4) is 5.75 Å². The minimum absolute atomic E-state index is 0.167. The van der Waals surface area contributed by atoms with Crippen molar-refractivity contribution in [1.29, 1.82) is 0 Å². The molecule has 0 aliphatic carbocycles. The van der Waals surface area contributed by atoms with E-state index < -0.39 is 11.8 Å². The number of nitrogens with one attached hydrogen (secondary N) is 2. The first-order valence-electron chi connectivity index (χ1n) is 6.98. The SMILES string of the molecule is COc1cc(Cl)ccc1CNC(=O)C(=O)Nc1ccccc1C. The highest BCUT2D eigenvalue weighted by Gasteiger charge is 2.15. The van der Waals surface area contributed by atoms with Crippen LogP contribution in [0.3, 0.4) is 0 Å². The van der Waals surface area contributed by atoms with Crippen molar-refractivity contribution in [2.75, 3.05) is 12.4 Å². The third kappa shape index (κ3) is 4.47. The van der Waals surface area contributed by atoms with Gasteiger partial charge in [-0.25, -0.2) is 0 Å². The lowest BCUT2D eigenvalue weighted by Crippen LogP contribution is -2.35. The van der Waals surface area contributed by atoms with E-state index in [1.807, 2.05) is 19.1 Å². The fourth-order valence-electron chi connectivity index (χ4n) is 2.01. The lowest BCUT2D eigenvalue weighted by molar-refractivity contribution is -0.136. The molecule has 0 atom stereocenters. The largest absolute Gasteiger partial charge is 0.496 e. The molecule has 120 valence electrons. The van der Waals surface area contributed by atoms with Crippen LogP contribution in [0.1, 0.15) is 11.1 Å². The van der Waals surface area contributed by atoms with Gasteiger partial charge in [0.05, 0.1) is 7.11 Å². The molecule has 2 amide bonds. The van der Waals surface area contributed by atoms with Gasteiger partial charge in [0.2, 0.25) is 0 Å². The molecule has 0 aromatic heterocycles. The Bertz CT molecular complexity index is 732. The fraction of sp³-hybridized carbons (Fsp3) is 0.176. The molecule has 2 aromatic carbocycles. The molecular weight excluding hydrogens is 316 g/mol. The quantitative estimate of drug-likeness (QED) is 0.846. The van der Waals surface area contributed by atoms with Crippen molar-refractivity contribution in [3.05, 3.63) is 58.6 Å². The van der Waals surface area contributed by atoms with E-state index in [1.165, 1.54) is 7.11 Å². The molecule has 0 fully saturated rings. The van der Waals surface area contributed by atoms with E-state index in [2.05, 4.69) is 10.6 Å². The maximum atomic E-state index is 11.9. The van der Waals surface area contributed by atoms with E-state index in [-0.39, 0.29) is 6.54 Å². The summed E-state index contributed by atoms with van der Waals surface area (Å²) in [6.07, 6.45) is 0. The molecule has 0 unspecified atom stereocenters. The minimum Gasteiger partial charge on any atom is -0.496 e. The highest BCUT2D eigenvalue weighted by atomic mass is 35.5. The van der Waals surface area contributed by atoms with E-state index in [9.17, 15) is 9.59 Å². The molecule has 2 aromatic rings. The Morgan fingerprint density at radius 1 is 1.13 bits per heavy atom. The van der Waals surface area contributed by atoms with E-state index in [0.29, 0.717) is 16.5 Å². The Morgan fingerprint density at radius 3 is 2.57 bits per heavy atom. The summed E-state index contributed by atoms with van der Waals surface area (Å²) in [7, 11) is 1.52. The third-order valence-corrected chi connectivity index (χ3v) is 3.52. The second kappa shape index (κ2) is 7.65. The summed E-state index contributed by atoms with van der Waals surface area (Å²) >= 11 is 5.88. The van der Waals surface area contributed by atoms with Gasteiger partial charge in [-0.1, -0.05) is 35.9 Å². The zero-order valence-corrected chi connectivity index (χ0v) is 13.6. The zero-order valence-electron chi connectivity index (χ0n) is 12.9. The number of carbonyl (C=O) groups is 2. The van der Waals surface area contributed by atoms with Crippen molar-refractivity contribution in [2.45, 2.75) is 13.5 Å². The third-order valence-electron chi connectivity index (χ3n) is 3.29. The lowest BCUT2D eigenvalue weighted by Gasteiger charge is -2.11. The van der Waals surface area contributed by atoms with Crippen LogP contribution in [-0.2, 0) is 16.1 Å². The van der Waals surface area contributed by atoms with Crippen LogP contribution in [0.5, 0.6) is 5.75 Å². The maximum absolute atomic E-state index is 11.9. The van der Waals surface area contributed by atoms with Crippen molar-refractivity contribution in [3.63, 3.8) is 0 Å². The Kier molecular flexibility index (Phi) is 5.60. The summed E-state index contributed by atoms with van der Waals surface area (Å²) in [6, 6.07) is 12.3. The van der Waals surface area contributed by atoms with Gasteiger partial charge in [0.25, 0.3) is 0 Å². The molecule has 23 heavy (non-hydrogen) atoms. The molecule has 0 saturated carbocycles. The summed E-state index contributed by atoms with van der Waals surface area (Å²) in [5.41, 5.74) is 2.22. The van der Waals surface area contributed by atoms with Gasteiger partial charge in [0.1, 0.15) is 5.75 Å². The highest BCUT2D eigenvalue weighted by Crippen LogP contribution is 2.22. The Morgan fingerprint density at radius 2 is 1.87 bits per heavy atom. The predicted molar refractivity (Wildman–Crippen MR) is 89.7 cm³/mol. The number of benzene rings is 2. The standard InChI is InChI=1S/C17H17ClN2O3/c1-11-5-3-4-6-14(11)20-17(22)16(21)19-10-12-7-8-13(18)9-15(12)23-2/h3-9H,10H2,1-2H3,(H,19,21)(H,20,22). The number of methoxy groups -OCH3 is 1.